The van der Waals surface area contributed by atoms with Gasteiger partial charge in [-0.2, -0.15) is 0 Å². The zero-order valence-corrected chi connectivity index (χ0v) is 14.2. The van der Waals surface area contributed by atoms with Crippen molar-refractivity contribution in [3.05, 3.63) is 35.5 Å². The molecule has 3 N–H and O–H groups in total. The Morgan fingerprint density at radius 1 is 1.38 bits per heavy atom. The molecule has 124 valence electrons. The number of rotatable bonds is 4. The lowest BCUT2D eigenvalue weighted by Gasteiger charge is -2.19. The molecule has 6 nitrogen and oxygen atoms in total. The summed E-state index contributed by atoms with van der Waals surface area (Å²) in [4.78, 5) is 31.7. The number of ketones is 1. The zero-order valence-electron chi connectivity index (χ0n) is 12.7. The molecule has 0 spiro atoms. The zero-order chi connectivity index (χ0) is 17.1. The maximum Gasteiger partial charge on any atom is 0.255 e. The third-order valence-corrected chi connectivity index (χ3v) is 4.91. The normalized spacial score (nSPS) is 17.8. The van der Waals surface area contributed by atoms with E-state index < -0.39 is 0 Å². The van der Waals surface area contributed by atoms with Crippen molar-refractivity contribution in [2.75, 3.05) is 23.3 Å². The van der Waals surface area contributed by atoms with Crippen LogP contribution in [0.5, 0.6) is 0 Å². The van der Waals surface area contributed by atoms with E-state index in [0.29, 0.717) is 46.6 Å². The van der Waals surface area contributed by atoms with Crippen LogP contribution in [0.25, 0.3) is 11.3 Å². The van der Waals surface area contributed by atoms with Gasteiger partial charge in [-0.15, -0.1) is 0 Å². The van der Waals surface area contributed by atoms with Crippen LogP contribution < -0.4 is 11.1 Å². The molecule has 0 saturated carbocycles. The van der Waals surface area contributed by atoms with Crippen molar-refractivity contribution in [2.45, 2.75) is 6.42 Å². The van der Waals surface area contributed by atoms with E-state index in [1.807, 2.05) is 12.1 Å². The van der Waals surface area contributed by atoms with Gasteiger partial charge in [0.2, 0.25) is 5.78 Å². The van der Waals surface area contributed by atoms with E-state index in [1.54, 1.807) is 12.1 Å². The SMILES string of the molecule is Nc1cc(-c2cccc(NCC3CCSC(=O)C3=O)n2)c(Cl)cn1. The molecule has 1 unspecified atom stereocenters. The summed E-state index contributed by atoms with van der Waals surface area (Å²) in [5.74, 6) is 1.02. The van der Waals surface area contributed by atoms with Gasteiger partial charge in [-0.3, -0.25) is 9.59 Å². The molecule has 1 saturated heterocycles. The second-order valence-electron chi connectivity index (χ2n) is 5.36. The summed E-state index contributed by atoms with van der Waals surface area (Å²) in [7, 11) is 0. The fourth-order valence-corrected chi connectivity index (χ4v) is 3.52. The number of aromatic nitrogens is 2. The van der Waals surface area contributed by atoms with Crippen LogP contribution in [0.2, 0.25) is 5.02 Å². The second-order valence-corrected chi connectivity index (χ2v) is 6.84. The molecule has 1 aliphatic rings. The predicted molar refractivity (Wildman–Crippen MR) is 96.0 cm³/mol. The number of anilines is 2. The highest BCUT2D eigenvalue weighted by Crippen LogP contribution is 2.28. The topological polar surface area (TPSA) is 98.0 Å². The minimum atomic E-state index is -0.353. The molecule has 8 heteroatoms. The Labute approximate surface area is 148 Å². The Hall–Kier alpha value is -2.12. The van der Waals surface area contributed by atoms with Crippen molar-refractivity contribution < 1.29 is 9.59 Å². The highest BCUT2D eigenvalue weighted by molar-refractivity contribution is 8.15. The number of thioether (sulfide) groups is 1. The van der Waals surface area contributed by atoms with Crippen molar-refractivity contribution in [3.8, 4) is 11.3 Å². The number of Topliss-reactive ketones (excluding diaryl/α,β-unsaturated/α-hetero) is 1. The highest BCUT2D eigenvalue weighted by atomic mass is 35.5. The first kappa shape index (κ1) is 16.7. The van der Waals surface area contributed by atoms with Crippen LogP contribution in [-0.2, 0) is 9.59 Å². The van der Waals surface area contributed by atoms with Gasteiger partial charge in [0.25, 0.3) is 5.12 Å². The second kappa shape index (κ2) is 7.19. The Bertz CT molecular complexity index is 799. The van der Waals surface area contributed by atoms with E-state index in [9.17, 15) is 9.59 Å². The summed E-state index contributed by atoms with van der Waals surface area (Å²) in [6.45, 7) is 0.383. The van der Waals surface area contributed by atoms with Crippen LogP contribution in [0.15, 0.2) is 30.5 Å². The number of nitrogen functional groups attached to an aromatic ring is 1. The highest BCUT2D eigenvalue weighted by Gasteiger charge is 2.29. The minimum Gasteiger partial charge on any atom is -0.384 e. The number of carbonyl (C=O) groups excluding carboxylic acids is 2. The van der Waals surface area contributed by atoms with Crippen molar-refractivity contribution >= 4 is 45.9 Å². The number of nitrogens with zero attached hydrogens (tertiary/aromatic N) is 2. The predicted octanol–water partition coefficient (Wildman–Crippen LogP) is 2.64. The van der Waals surface area contributed by atoms with Crippen LogP contribution >= 0.6 is 23.4 Å². The van der Waals surface area contributed by atoms with E-state index in [4.69, 9.17) is 17.3 Å². The summed E-state index contributed by atoms with van der Waals surface area (Å²) >= 11 is 7.24. The van der Waals surface area contributed by atoms with E-state index >= 15 is 0 Å². The molecule has 0 aromatic carbocycles. The largest absolute Gasteiger partial charge is 0.384 e. The average Bonchev–Trinajstić information content (AvgIpc) is 2.58. The molecule has 3 heterocycles. The lowest BCUT2D eigenvalue weighted by Crippen LogP contribution is -2.32. The van der Waals surface area contributed by atoms with Gasteiger partial charge >= 0.3 is 0 Å². The first-order valence-electron chi connectivity index (χ1n) is 7.38. The van der Waals surface area contributed by atoms with E-state index in [1.165, 1.54) is 6.20 Å². The number of nitrogens with two attached hydrogens (primary N) is 1. The Morgan fingerprint density at radius 2 is 2.21 bits per heavy atom. The molecule has 24 heavy (non-hydrogen) atoms. The van der Waals surface area contributed by atoms with Crippen molar-refractivity contribution in [2.24, 2.45) is 5.92 Å². The molecule has 2 aromatic heterocycles. The average molecular weight is 363 g/mol. The molecule has 1 fully saturated rings. The quantitative estimate of drug-likeness (QED) is 0.806. The van der Waals surface area contributed by atoms with Gasteiger partial charge in [-0.1, -0.05) is 29.4 Å². The Balaban J connectivity index is 1.75. The van der Waals surface area contributed by atoms with E-state index in [-0.39, 0.29) is 16.8 Å². The van der Waals surface area contributed by atoms with Crippen molar-refractivity contribution in [1.82, 2.24) is 9.97 Å². The molecular formula is C16H15ClN4O2S. The molecule has 2 aromatic rings. The van der Waals surface area contributed by atoms with Gasteiger partial charge < -0.3 is 11.1 Å². The van der Waals surface area contributed by atoms with Crippen LogP contribution in [0, 0.1) is 5.92 Å². The molecule has 3 rings (SSSR count). The fraction of sp³-hybridized carbons (Fsp3) is 0.250. The molecular weight excluding hydrogens is 348 g/mol. The maximum atomic E-state index is 11.8. The number of hydrogen-bond donors (Lipinski definition) is 2. The number of carbonyl (C=O) groups is 2. The molecule has 1 aliphatic heterocycles. The molecule has 0 amide bonds. The number of nitrogens with one attached hydrogen (secondary N) is 1. The van der Waals surface area contributed by atoms with Crippen LogP contribution in [0.1, 0.15) is 6.42 Å². The van der Waals surface area contributed by atoms with Crippen LogP contribution in [0.4, 0.5) is 11.6 Å². The van der Waals surface area contributed by atoms with Crippen molar-refractivity contribution in [3.63, 3.8) is 0 Å². The summed E-state index contributed by atoms with van der Waals surface area (Å²) in [6, 6.07) is 7.11. The fourth-order valence-electron chi connectivity index (χ4n) is 2.42. The van der Waals surface area contributed by atoms with Gasteiger partial charge in [-0.25, -0.2) is 9.97 Å². The number of hydrogen-bond acceptors (Lipinski definition) is 7. The summed E-state index contributed by atoms with van der Waals surface area (Å²) < 4.78 is 0. The third-order valence-electron chi connectivity index (χ3n) is 3.70. The molecule has 0 bridgehead atoms. The van der Waals surface area contributed by atoms with Gasteiger partial charge in [0.05, 0.1) is 10.7 Å². The van der Waals surface area contributed by atoms with Gasteiger partial charge in [-0.05, 0) is 24.6 Å². The molecule has 0 aliphatic carbocycles. The van der Waals surface area contributed by atoms with E-state index in [2.05, 4.69) is 15.3 Å². The monoisotopic (exact) mass is 362 g/mol. The Morgan fingerprint density at radius 3 is 3.04 bits per heavy atom. The molecule has 0 radical (unpaired) electrons. The van der Waals surface area contributed by atoms with Gasteiger partial charge in [0.1, 0.15) is 11.6 Å². The Kier molecular flexibility index (Phi) is 5.01. The van der Waals surface area contributed by atoms with Crippen molar-refractivity contribution in [1.29, 1.82) is 0 Å². The van der Waals surface area contributed by atoms with E-state index in [0.717, 1.165) is 11.8 Å². The summed E-state index contributed by atoms with van der Waals surface area (Å²) in [5.41, 5.74) is 7.04. The number of pyridine rings is 2. The minimum absolute atomic E-state index is 0.302. The molecule has 1 atom stereocenters. The number of halogens is 1. The van der Waals surface area contributed by atoms with Crippen LogP contribution in [0.3, 0.4) is 0 Å². The smallest absolute Gasteiger partial charge is 0.255 e. The first-order chi connectivity index (χ1) is 11.5. The van der Waals surface area contributed by atoms with Crippen LogP contribution in [-0.4, -0.2) is 33.2 Å². The third kappa shape index (κ3) is 3.68. The summed E-state index contributed by atoms with van der Waals surface area (Å²) in [6.07, 6.45) is 2.17. The summed E-state index contributed by atoms with van der Waals surface area (Å²) in [5, 5.41) is 3.23. The van der Waals surface area contributed by atoms with Gasteiger partial charge in [0.15, 0.2) is 0 Å². The van der Waals surface area contributed by atoms with Gasteiger partial charge in [0, 0.05) is 30.0 Å². The lowest BCUT2D eigenvalue weighted by molar-refractivity contribution is -0.134. The lowest BCUT2D eigenvalue weighted by atomic mass is 10.0. The standard InChI is InChI=1S/C16H15ClN4O2S/c17-11-8-19-13(18)6-10(11)12-2-1-3-14(21-12)20-7-9-4-5-24-16(23)15(9)22/h1-3,6,8-9H,4-5,7H2,(H2,18,19)(H,20,21). The first-order valence-corrected chi connectivity index (χ1v) is 8.74. The maximum absolute atomic E-state index is 11.8.